The summed E-state index contributed by atoms with van der Waals surface area (Å²) >= 11 is 0. The van der Waals surface area contributed by atoms with Crippen molar-refractivity contribution >= 4 is 5.91 Å². The van der Waals surface area contributed by atoms with Crippen molar-refractivity contribution in [2.75, 3.05) is 26.2 Å². The van der Waals surface area contributed by atoms with Crippen LogP contribution in [0.25, 0.3) is 0 Å². The SMILES string of the molecule is CC1CCN(C(=O)CN2CCn3cccc3C2c2ccc(F)cc2F)CC1. The summed E-state index contributed by atoms with van der Waals surface area (Å²) in [5.74, 6) is -0.408. The van der Waals surface area contributed by atoms with Gasteiger partial charge in [-0.1, -0.05) is 13.0 Å². The number of carbonyl (C=O) groups is 1. The maximum Gasteiger partial charge on any atom is 0.236 e. The van der Waals surface area contributed by atoms with Crippen molar-refractivity contribution < 1.29 is 13.6 Å². The van der Waals surface area contributed by atoms with Crippen molar-refractivity contribution in [2.24, 2.45) is 5.92 Å². The van der Waals surface area contributed by atoms with E-state index in [1.165, 1.54) is 12.1 Å². The lowest BCUT2D eigenvalue weighted by molar-refractivity contribution is -0.134. The van der Waals surface area contributed by atoms with Crippen LogP contribution < -0.4 is 0 Å². The molecule has 2 aliphatic rings. The van der Waals surface area contributed by atoms with Gasteiger partial charge in [0.05, 0.1) is 12.6 Å². The van der Waals surface area contributed by atoms with E-state index in [9.17, 15) is 13.6 Å². The number of fused-ring (bicyclic) bond motifs is 1. The molecule has 3 heterocycles. The molecular formula is C21H25F2N3O. The molecule has 1 fully saturated rings. The molecule has 0 N–H and O–H groups in total. The van der Waals surface area contributed by atoms with Gasteiger partial charge in [0.15, 0.2) is 0 Å². The zero-order chi connectivity index (χ0) is 19.0. The molecule has 1 aromatic heterocycles. The Hall–Kier alpha value is -2.21. The molecule has 2 aromatic rings. The van der Waals surface area contributed by atoms with Gasteiger partial charge >= 0.3 is 0 Å². The molecule has 1 aromatic carbocycles. The highest BCUT2D eigenvalue weighted by Gasteiger charge is 2.33. The fourth-order valence-electron chi connectivity index (χ4n) is 4.21. The molecule has 6 heteroatoms. The van der Waals surface area contributed by atoms with E-state index < -0.39 is 11.6 Å². The lowest BCUT2D eigenvalue weighted by atomic mass is 9.98. The third-order valence-corrected chi connectivity index (χ3v) is 5.87. The molecule has 0 spiro atoms. The zero-order valence-corrected chi connectivity index (χ0v) is 15.6. The first kappa shape index (κ1) is 18.2. The second-order valence-corrected chi connectivity index (χ2v) is 7.73. The summed E-state index contributed by atoms with van der Waals surface area (Å²) in [5, 5.41) is 0. The minimum absolute atomic E-state index is 0.0921. The van der Waals surface area contributed by atoms with Gasteiger partial charge in [0.25, 0.3) is 0 Å². The predicted octanol–water partition coefficient (Wildman–Crippen LogP) is 3.43. The van der Waals surface area contributed by atoms with Gasteiger partial charge in [-0.05, 0) is 37.0 Å². The van der Waals surface area contributed by atoms with Crippen molar-refractivity contribution in [1.29, 1.82) is 0 Å². The van der Waals surface area contributed by atoms with Crippen LogP contribution in [0.15, 0.2) is 36.5 Å². The second-order valence-electron chi connectivity index (χ2n) is 7.73. The number of rotatable bonds is 3. The smallest absolute Gasteiger partial charge is 0.236 e. The number of carbonyl (C=O) groups excluding carboxylic acids is 1. The summed E-state index contributed by atoms with van der Waals surface area (Å²) in [4.78, 5) is 16.8. The largest absolute Gasteiger partial charge is 0.348 e. The van der Waals surface area contributed by atoms with Gasteiger partial charge in [-0.15, -0.1) is 0 Å². The molecule has 4 rings (SSSR count). The molecule has 2 aliphatic heterocycles. The van der Waals surface area contributed by atoms with Crippen LogP contribution in [-0.2, 0) is 11.3 Å². The molecule has 1 saturated heterocycles. The molecule has 144 valence electrons. The molecule has 1 atom stereocenters. The number of piperidine rings is 1. The van der Waals surface area contributed by atoms with E-state index in [4.69, 9.17) is 0 Å². The Morgan fingerprint density at radius 2 is 1.89 bits per heavy atom. The van der Waals surface area contributed by atoms with E-state index in [1.807, 2.05) is 28.1 Å². The Morgan fingerprint density at radius 3 is 2.63 bits per heavy atom. The van der Waals surface area contributed by atoms with Crippen molar-refractivity contribution in [3.05, 3.63) is 59.4 Å². The molecule has 0 bridgehead atoms. The van der Waals surface area contributed by atoms with Crippen LogP contribution in [0.4, 0.5) is 8.78 Å². The van der Waals surface area contributed by atoms with E-state index in [1.54, 1.807) is 0 Å². The Kier molecular flexibility index (Phi) is 5.00. The van der Waals surface area contributed by atoms with Crippen molar-refractivity contribution in [2.45, 2.75) is 32.4 Å². The Balaban J connectivity index is 1.60. The normalized spacial score (nSPS) is 21.3. The highest BCUT2D eigenvalue weighted by Crippen LogP contribution is 2.34. The fraction of sp³-hybridized carbons (Fsp3) is 0.476. The third kappa shape index (κ3) is 3.63. The van der Waals surface area contributed by atoms with Crippen LogP contribution in [0.5, 0.6) is 0 Å². The minimum Gasteiger partial charge on any atom is -0.348 e. The Bertz CT molecular complexity index is 827. The maximum absolute atomic E-state index is 14.6. The molecule has 1 unspecified atom stereocenters. The third-order valence-electron chi connectivity index (χ3n) is 5.87. The lowest BCUT2D eigenvalue weighted by Gasteiger charge is -2.39. The summed E-state index contributed by atoms with van der Waals surface area (Å²) in [6.45, 7) is 5.46. The first-order valence-electron chi connectivity index (χ1n) is 9.64. The number of nitrogens with zero attached hydrogens (tertiary/aromatic N) is 3. The van der Waals surface area contributed by atoms with Crippen LogP contribution in [0.1, 0.15) is 37.1 Å². The zero-order valence-electron chi connectivity index (χ0n) is 15.6. The highest BCUT2D eigenvalue weighted by atomic mass is 19.1. The summed E-state index contributed by atoms with van der Waals surface area (Å²) in [6, 6.07) is 7.20. The van der Waals surface area contributed by atoms with Crippen LogP contribution in [0.3, 0.4) is 0 Å². The van der Waals surface area contributed by atoms with Gasteiger partial charge in [-0.2, -0.15) is 0 Å². The number of amides is 1. The van der Waals surface area contributed by atoms with Gasteiger partial charge in [0.1, 0.15) is 11.6 Å². The van der Waals surface area contributed by atoms with Crippen LogP contribution >= 0.6 is 0 Å². The fourth-order valence-corrected chi connectivity index (χ4v) is 4.21. The van der Waals surface area contributed by atoms with Crippen LogP contribution in [-0.4, -0.2) is 46.5 Å². The number of hydrogen-bond donors (Lipinski definition) is 0. The van der Waals surface area contributed by atoms with E-state index >= 15 is 0 Å². The van der Waals surface area contributed by atoms with Gasteiger partial charge < -0.3 is 9.47 Å². The highest BCUT2D eigenvalue weighted by molar-refractivity contribution is 5.78. The van der Waals surface area contributed by atoms with Crippen LogP contribution in [0, 0.1) is 17.6 Å². The van der Waals surface area contributed by atoms with Crippen molar-refractivity contribution in [3.8, 4) is 0 Å². The summed E-state index contributed by atoms with van der Waals surface area (Å²) in [7, 11) is 0. The second kappa shape index (κ2) is 7.43. The summed E-state index contributed by atoms with van der Waals surface area (Å²) < 4.78 is 30.1. The average molecular weight is 373 g/mol. The summed E-state index contributed by atoms with van der Waals surface area (Å²) in [6.07, 6.45) is 4.03. The first-order valence-corrected chi connectivity index (χ1v) is 9.64. The number of likely N-dealkylation sites (tertiary alicyclic amines) is 1. The van der Waals surface area contributed by atoms with E-state index in [-0.39, 0.29) is 18.5 Å². The summed E-state index contributed by atoms with van der Waals surface area (Å²) in [5.41, 5.74) is 1.35. The van der Waals surface area contributed by atoms with Gasteiger partial charge in [0.2, 0.25) is 5.91 Å². The number of benzene rings is 1. The number of hydrogen-bond acceptors (Lipinski definition) is 2. The van der Waals surface area contributed by atoms with Crippen LogP contribution in [0.2, 0.25) is 0 Å². The Morgan fingerprint density at radius 1 is 1.11 bits per heavy atom. The topological polar surface area (TPSA) is 28.5 Å². The number of aromatic nitrogens is 1. The molecule has 27 heavy (non-hydrogen) atoms. The molecule has 0 aliphatic carbocycles. The lowest BCUT2D eigenvalue weighted by Crippen LogP contribution is -2.47. The molecule has 4 nitrogen and oxygen atoms in total. The average Bonchev–Trinajstić information content (AvgIpc) is 3.11. The van der Waals surface area contributed by atoms with Crippen molar-refractivity contribution in [1.82, 2.24) is 14.4 Å². The van der Waals surface area contributed by atoms with Gasteiger partial charge in [0, 0.05) is 49.7 Å². The molecular weight excluding hydrogens is 348 g/mol. The standard InChI is InChI=1S/C21H25F2N3O/c1-15-6-9-25(10-7-15)20(27)14-26-12-11-24-8-2-3-19(24)21(26)17-5-4-16(22)13-18(17)23/h2-5,8,13,15,21H,6-7,9-12,14H2,1H3. The Labute approximate surface area is 158 Å². The quantitative estimate of drug-likeness (QED) is 0.825. The predicted molar refractivity (Wildman–Crippen MR) is 99.2 cm³/mol. The van der Waals surface area contributed by atoms with Crippen molar-refractivity contribution in [3.63, 3.8) is 0 Å². The van der Waals surface area contributed by atoms with Gasteiger partial charge in [-0.3, -0.25) is 9.69 Å². The van der Waals surface area contributed by atoms with E-state index in [0.29, 0.717) is 18.0 Å². The molecule has 1 amide bonds. The molecule has 0 saturated carbocycles. The monoisotopic (exact) mass is 373 g/mol. The minimum atomic E-state index is -0.590. The molecule has 0 radical (unpaired) electrons. The van der Waals surface area contributed by atoms with E-state index in [0.717, 1.165) is 44.2 Å². The van der Waals surface area contributed by atoms with E-state index in [2.05, 4.69) is 11.5 Å². The number of halogens is 2. The first-order chi connectivity index (χ1) is 13.0. The maximum atomic E-state index is 14.6. The van der Waals surface area contributed by atoms with Gasteiger partial charge in [-0.25, -0.2) is 8.78 Å².